The van der Waals surface area contributed by atoms with Crippen LogP contribution in [0.3, 0.4) is 0 Å². The summed E-state index contributed by atoms with van der Waals surface area (Å²) in [5.41, 5.74) is 1.85. The van der Waals surface area contributed by atoms with E-state index in [-0.39, 0.29) is 16.4 Å². The molecule has 0 aliphatic heterocycles. The minimum Gasteiger partial charge on any atom is -0.289 e. The highest BCUT2D eigenvalue weighted by molar-refractivity contribution is 7.90. The van der Waals surface area contributed by atoms with Crippen LogP contribution in [0.25, 0.3) is 0 Å². The van der Waals surface area contributed by atoms with Gasteiger partial charge in [-0.1, -0.05) is 35.9 Å². The molecule has 4 nitrogen and oxygen atoms in total. The van der Waals surface area contributed by atoms with Gasteiger partial charge in [-0.05, 0) is 42.8 Å². The molecule has 0 amide bonds. The van der Waals surface area contributed by atoms with Gasteiger partial charge in [-0.15, -0.1) is 0 Å². The van der Waals surface area contributed by atoms with Crippen molar-refractivity contribution in [3.8, 4) is 0 Å². The van der Waals surface area contributed by atoms with Gasteiger partial charge < -0.3 is 0 Å². The maximum atomic E-state index is 12.5. The summed E-state index contributed by atoms with van der Waals surface area (Å²) >= 11 is 5.93. The van der Waals surface area contributed by atoms with Gasteiger partial charge in [0, 0.05) is 16.1 Å². The molecule has 1 aliphatic rings. The van der Waals surface area contributed by atoms with Gasteiger partial charge in [0.15, 0.2) is 5.78 Å². The predicted molar refractivity (Wildman–Crippen MR) is 89.8 cm³/mol. The van der Waals surface area contributed by atoms with Crippen LogP contribution in [0.4, 0.5) is 0 Å². The zero-order valence-electron chi connectivity index (χ0n) is 12.2. The minimum absolute atomic E-state index is 0.0645. The number of sulfonamides is 1. The number of fused-ring (bicyclic) bond motifs is 1. The molecule has 0 atom stereocenters. The molecule has 116 valence electrons. The van der Waals surface area contributed by atoms with E-state index in [0.717, 1.165) is 0 Å². The molecule has 2 aromatic carbocycles. The summed E-state index contributed by atoms with van der Waals surface area (Å²) in [5.74, 6) is -0.167. The van der Waals surface area contributed by atoms with Crippen LogP contribution in [-0.4, -0.2) is 19.9 Å². The van der Waals surface area contributed by atoms with E-state index in [2.05, 4.69) is 4.40 Å². The lowest BCUT2D eigenvalue weighted by molar-refractivity contribution is 0.104. The standard InChI is InChI=1S/C17H12ClNO3S/c1-11-10-12(6-7-15(11)18)23(21,22)19-16-8-9-17(20)14-5-3-2-4-13(14)16/h2-10H,1H3/b19-16-. The fourth-order valence-electron chi connectivity index (χ4n) is 2.29. The second-order valence-electron chi connectivity index (χ2n) is 5.11. The lowest BCUT2D eigenvalue weighted by Crippen LogP contribution is -2.14. The third kappa shape index (κ3) is 2.98. The van der Waals surface area contributed by atoms with Gasteiger partial charge >= 0.3 is 0 Å². The molecular weight excluding hydrogens is 334 g/mol. The average Bonchev–Trinajstić information content (AvgIpc) is 2.53. The van der Waals surface area contributed by atoms with Crippen molar-refractivity contribution in [1.29, 1.82) is 0 Å². The smallest absolute Gasteiger partial charge is 0.282 e. The van der Waals surface area contributed by atoms with E-state index in [1.807, 2.05) is 0 Å². The topological polar surface area (TPSA) is 63.6 Å². The number of rotatable bonds is 2. The van der Waals surface area contributed by atoms with Gasteiger partial charge in [0.1, 0.15) is 0 Å². The van der Waals surface area contributed by atoms with Gasteiger partial charge in [0.05, 0.1) is 10.6 Å². The Morgan fingerprint density at radius 1 is 1.00 bits per heavy atom. The Morgan fingerprint density at radius 2 is 1.70 bits per heavy atom. The molecule has 2 aromatic rings. The average molecular weight is 346 g/mol. The van der Waals surface area contributed by atoms with Crippen molar-refractivity contribution < 1.29 is 13.2 Å². The molecule has 0 N–H and O–H groups in total. The second kappa shape index (κ2) is 5.76. The monoisotopic (exact) mass is 345 g/mol. The molecule has 1 aliphatic carbocycles. The van der Waals surface area contributed by atoms with Gasteiger partial charge in [-0.25, -0.2) is 0 Å². The van der Waals surface area contributed by atoms with Crippen LogP contribution >= 0.6 is 11.6 Å². The van der Waals surface area contributed by atoms with Crippen molar-refractivity contribution in [1.82, 2.24) is 0 Å². The zero-order valence-corrected chi connectivity index (χ0v) is 13.7. The Bertz CT molecular complexity index is 975. The number of hydrogen-bond donors (Lipinski definition) is 0. The fourth-order valence-corrected chi connectivity index (χ4v) is 3.50. The third-order valence-corrected chi connectivity index (χ3v) is 5.22. The second-order valence-corrected chi connectivity index (χ2v) is 7.12. The fraction of sp³-hybridized carbons (Fsp3) is 0.0588. The van der Waals surface area contributed by atoms with Crippen LogP contribution in [-0.2, 0) is 10.0 Å². The van der Waals surface area contributed by atoms with Gasteiger partial charge in [-0.2, -0.15) is 12.8 Å². The van der Waals surface area contributed by atoms with E-state index in [4.69, 9.17) is 11.6 Å². The van der Waals surface area contributed by atoms with E-state index in [9.17, 15) is 13.2 Å². The number of allylic oxidation sites excluding steroid dienone is 2. The largest absolute Gasteiger partial charge is 0.289 e. The first-order chi connectivity index (χ1) is 10.9. The first-order valence-corrected chi connectivity index (χ1v) is 8.63. The summed E-state index contributed by atoms with van der Waals surface area (Å²) < 4.78 is 28.9. The van der Waals surface area contributed by atoms with E-state index in [1.54, 1.807) is 31.2 Å². The molecule has 6 heteroatoms. The number of hydrogen-bond acceptors (Lipinski definition) is 3. The highest BCUT2D eigenvalue weighted by Gasteiger charge is 2.21. The van der Waals surface area contributed by atoms with Crippen LogP contribution in [0.15, 0.2) is 63.9 Å². The van der Waals surface area contributed by atoms with Gasteiger partial charge in [-0.3, -0.25) is 4.79 Å². The van der Waals surface area contributed by atoms with E-state index < -0.39 is 10.0 Å². The Balaban J connectivity index is 2.12. The van der Waals surface area contributed by atoms with Crippen molar-refractivity contribution in [2.24, 2.45) is 4.40 Å². The van der Waals surface area contributed by atoms with Gasteiger partial charge in [0.2, 0.25) is 0 Å². The number of nitrogens with zero attached hydrogens (tertiary/aromatic N) is 1. The molecule has 23 heavy (non-hydrogen) atoms. The molecular formula is C17H12ClNO3S. The molecule has 0 fully saturated rings. The normalized spacial score (nSPS) is 15.7. The quantitative estimate of drug-likeness (QED) is 0.835. The van der Waals surface area contributed by atoms with E-state index in [1.165, 1.54) is 30.4 Å². The van der Waals surface area contributed by atoms with Crippen LogP contribution in [0.2, 0.25) is 5.02 Å². The van der Waals surface area contributed by atoms with E-state index >= 15 is 0 Å². The highest BCUT2D eigenvalue weighted by atomic mass is 35.5. The predicted octanol–water partition coefficient (Wildman–Crippen LogP) is 3.58. The Labute approximate surface area is 139 Å². The van der Waals surface area contributed by atoms with Crippen LogP contribution in [0, 0.1) is 6.92 Å². The van der Waals surface area contributed by atoms with Crippen molar-refractivity contribution in [2.45, 2.75) is 11.8 Å². The minimum atomic E-state index is -3.89. The number of halogens is 1. The molecule has 0 aromatic heterocycles. The van der Waals surface area contributed by atoms with Crippen molar-refractivity contribution in [2.75, 3.05) is 0 Å². The summed E-state index contributed by atoms with van der Waals surface area (Å²) in [6.45, 7) is 1.73. The molecule has 0 saturated carbocycles. The number of carbonyl (C=O) groups excluding carboxylic acids is 1. The first-order valence-electron chi connectivity index (χ1n) is 6.81. The number of benzene rings is 2. The lowest BCUT2D eigenvalue weighted by Gasteiger charge is -2.11. The molecule has 3 rings (SSSR count). The van der Waals surface area contributed by atoms with Crippen LogP contribution in [0.1, 0.15) is 21.5 Å². The zero-order chi connectivity index (χ0) is 16.6. The third-order valence-electron chi connectivity index (χ3n) is 3.51. The van der Waals surface area contributed by atoms with Gasteiger partial charge in [0.25, 0.3) is 10.0 Å². The lowest BCUT2D eigenvalue weighted by atomic mass is 9.95. The number of carbonyl (C=O) groups is 1. The Kier molecular flexibility index (Phi) is 3.92. The van der Waals surface area contributed by atoms with E-state index in [0.29, 0.717) is 21.7 Å². The number of ketones is 1. The van der Waals surface area contributed by atoms with Crippen molar-refractivity contribution in [3.05, 3.63) is 76.3 Å². The van der Waals surface area contributed by atoms with Crippen LogP contribution < -0.4 is 0 Å². The first kappa shape index (κ1) is 15.6. The molecule has 0 unspecified atom stereocenters. The molecule has 0 heterocycles. The molecule has 0 bridgehead atoms. The summed E-state index contributed by atoms with van der Waals surface area (Å²) in [6.07, 6.45) is 2.74. The summed E-state index contributed by atoms with van der Waals surface area (Å²) in [4.78, 5) is 11.9. The maximum absolute atomic E-state index is 12.5. The Hall–Kier alpha value is -2.24. The Morgan fingerprint density at radius 3 is 2.39 bits per heavy atom. The van der Waals surface area contributed by atoms with Crippen molar-refractivity contribution >= 4 is 33.1 Å². The van der Waals surface area contributed by atoms with Crippen molar-refractivity contribution in [3.63, 3.8) is 0 Å². The SMILES string of the molecule is Cc1cc(S(=O)(=O)/N=C2/C=CC(=O)c3ccccc32)ccc1Cl. The van der Waals surface area contributed by atoms with Crippen LogP contribution in [0.5, 0.6) is 0 Å². The molecule has 0 spiro atoms. The highest BCUT2D eigenvalue weighted by Crippen LogP contribution is 2.23. The summed E-state index contributed by atoms with van der Waals surface area (Å²) in [7, 11) is -3.89. The maximum Gasteiger partial charge on any atom is 0.282 e. The summed E-state index contributed by atoms with van der Waals surface area (Å²) in [5, 5.41) is 0.491. The molecule has 0 saturated heterocycles. The summed E-state index contributed by atoms with van der Waals surface area (Å²) in [6, 6.07) is 11.2. The molecule has 0 radical (unpaired) electrons. The number of aryl methyl sites for hydroxylation is 1.